The standard InChI is InChI=1S/C13H27NO5S/c1-11(8-10-18-20(6,16)17)7-9-14(5)12(15)19-13(2,3)4/h11H,7-10H2,1-6H3. The van der Waals surface area contributed by atoms with E-state index in [0.29, 0.717) is 13.0 Å². The molecule has 1 amide bonds. The lowest BCUT2D eigenvalue weighted by molar-refractivity contribution is 0.0290. The normalized spacial score (nSPS) is 13.9. The fourth-order valence-electron chi connectivity index (χ4n) is 1.39. The predicted molar refractivity (Wildman–Crippen MR) is 78.1 cm³/mol. The monoisotopic (exact) mass is 309 g/mol. The lowest BCUT2D eigenvalue weighted by atomic mass is 10.0. The van der Waals surface area contributed by atoms with Gasteiger partial charge in [-0.15, -0.1) is 0 Å². The average Bonchev–Trinajstić information content (AvgIpc) is 2.21. The number of carbonyl (C=O) groups is 1. The van der Waals surface area contributed by atoms with Gasteiger partial charge in [0.15, 0.2) is 0 Å². The van der Waals surface area contributed by atoms with Crippen LogP contribution in [0.15, 0.2) is 0 Å². The molecule has 0 bridgehead atoms. The second kappa shape index (κ2) is 7.83. The van der Waals surface area contributed by atoms with E-state index < -0.39 is 15.7 Å². The number of hydrogen-bond donors (Lipinski definition) is 0. The van der Waals surface area contributed by atoms with E-state index in [1.165, 1.54) is 4.90 Å². The third-order valence-corrected chi connectivity index (χ3v) is 3.17. The average molecular weight is 309 g/mol. The lowest BCUT2D eigenvalue weighted by Gasteiger charge is -2.25. The molecule has 7 heteroatoms. The van der Waals surface area contributed by atoms with Gasteiger partial charge in [0, 0.05) is 13.6 Å². The molecule has 1 unspecified atom stereocenters. The number of rotatable bonds is 7. The molecule has 1 atom stereocenters. The van der Waals surface area contributed by atoms with Gasteiger partial charge >= 0.3 is 6.09 Å². The Balaban J connectivity index is 3.94. The summed E-state index contributed by atoms with van der Waals surface area (Å²) in [4.78, 5) is 13.2. The molecule has 0 aromatic heterocycles. The Hall–Kier alpha value is -0.820. The van der Waals surface area contributed by atoms with Gasteiger partial charge in [-0.3, -0.25) is 4.18 Å². The van der Waals surface area contributed by atoms with E-state index >= 15 is 0 Å². The van der Waals surface area contributed by atoms with Gasteiger partial charge in [0.2, 0.25) is 0 Å². The predicted octanol–water partition coefficient (Wildman–Crippen LogP) is 2.25. The van der Waals surface area contributed by atoms with Crippen molar-refractivity contribution < 1.29 is 22.1 Å². The Labute approximate surface area is 122 Å². The Morgan fingerprint density at radius 2 is 1.80 bits per heavy atom. The van der Waals surface area contributed by atoms with E-state index in [4.69, 9.17) is 4.74 Å². The van der Waals surface area contributed by atoms with Crippen LogP contribution in [-0.2, 0) is 19.0 Å². The minimum Gasteiger partial charge on any atom is -0.444 e. The molecular formula is C13H27NO5S. The van der Waals surface area contributed by atoms with Gasteiger partial charge in [-0.05, 0) is 39.5 Å². The number of hydrogen-bond acceptors (Lipinski definition) is 5. The van der Waals surface area contributed by atoms with Gasteiger partial charge < -0.3 is 9.64 Å². The SMILES string of the molecule is CC(CCOS(C)(=O)=O)CCN(C)C(=O)OC(C)(C)C. The summed E-state index contributed by atoms with van der Waals surface area (Å²) >= 11 is 0. The first-order valence-corrected chi connectivity index (χ1v) is 8.51. The molecule has 0 heterocycles. The van der Waals surface area contributed by atoms with Crippen molar-refractivity contribution in [1.82, 2.24) is 4.90 Å². The van der Waals surface area contributed by atoms with Crippen LogP contribution in [0, 0.1) is 5.92 Å². The summed E-state index contributed by atoms with van der Waals surface area (Å²) < 4.78 is 31.5. The third kappa shape index (κ3) is 11.0. The summed E-state index contributed by atoms with van der Waals surface area (Å²) in [6, 6.07) is 0. The van der Waals surface area contributed by atoms with Gasteiger partial charge in [-0.1, -0.05) is 6.92 Å². The molecule has 0 N–H and O–H groups in total. The van der Waals surface area contributed by atoms with Crippen LogP contribution in [0.5, 0.6) is 0 Å². The van der Waals surface area contributed by atoms with Gasteiger partial charge in [-0.25, -0.2) is 4.79 Å². The van der Waals surface area contributed by atoms with Crippen molar-refractivity contribution in [2.75, 3.05) is 26.5 Å². The molecule has 0 spiro atoms. The Kier molecular flexibility index (Phi) is 7.51. The van der Waals surface area contributed by atoms with Crippen LogP contribution in [0.3, 0.4) is 0 Å². The molecule has 0 fully saturated rings. The van der Waals surface area contributed by atoms with Gasteiger partial charge in [0.1, 0.15) is 5.60 Å². The van der Waals surface area contributed by atoms with E-state index in [9.17, 15) is 13.2 Å². The summed E-state index contributed by atoms with van der Waals surface area (Å²) in [7, 11) is -1.68. The van der Waals surface area contributed by atoms with Crippen molar-refractivity contribution in [3.63, 3.8) is 0 Å². The van der Waals surface area contributed by atoms with Crippen molar-refractivity contribution >= 4 is 16.2 Å². The minimum atomic E-state index is -3.37. The van der Waals surface area contributed by atoms with Crippen LogP contribution in [0.1, 0.15) is 40.5 Å². The highest BCUT2D eigenvalue weighted by Gasteiger charge is 2.19. The van der Waals surface area contributed by atoms with E-state index in [0.717, 1.165) is 12.7 Å². The molecule has 0 aliphatic heterocycles. The highest BCUT2D eigenvalue weighted by atomic mass is 32.2. The fourth-order valence-corrected chi connectivity index (χ4v) is 1.79. The van der Waals surface area contributed by atoms with Crippen molar-refractivity contribution in [2.45, 2.75) is 46.1 Å². The summed E-state index contributed by atoms with van der Waals surface area (Å²) in [6.45, 7) is 8.21. The van der Waals surface area contributed by atoms with Crippen LogP contribution in [0.25, 0.3) is 0 Å². The molecule has 6 nitrogen and oxygen atoms in total. The molecule has 0 rings (SSSR count). The molecule has 0 aliphatic carbocycles. The van der Waals surface area contributed by atoms with Crippen molar-refractivity contribution in [2.24, 2.45) is 5.92 Å². The fraction of sp³-hybridized carbons (Fsp3) is 0.923. The second-order valence-electron chi connectivity index (χ2n) is 6.11. The van der Waals surface area contributed by atoms with Crippen LogP contribution in [0.2, 0.25) is 0 Å². The Morgan fingerprint density at radius 1 is 1.25 bits per heavy atom. The smallest absolute Gasteiger partial charge is 0.410 e. The van der Waals surface area contributed by atoms with Crippen molar-refractivity contribution in [3.8, 4) is 0 Å². The molecule has 20 heavy (non-hydrogen) atoms. The quantitative estimate of drug-likeness (QED) is 0.674. The van der Waals surface area contributed by atoms with Crippen LogP contribution in [-0.4, -0.2) is 51.5 Å². The molecular weight excluding hydrogens is 282 g/mol. The zero-order valence-corrected chi connectivity index (χ0v) is 14.1. The minimum absolute atomic E-state index is 0.177. The number of nitrogens with zero attached hydrogens (tertiary/aromatic N) is 1. The number of ether oxygens (including phenoxy) is 1. The molecule has 0 radical (unpaired) electrons. The summed E-state index contributed by atoms with van der Waals surface area (Å²) in [6.07, 6.45) is 2.09. The van der Waals surface area contributed by atoms with Crippen molar-refractivity contribution in [1.29, 1.82) is 0 Å². The highest BCUT2D eigenvalue weighted by molar-refractivity contribution is 7.85. The summed E-state index contributed by atoms with van der Waals surface area (Å²) in [5.41, 5.74) is -0.500. The first kappa shape index (κ1) is 19.2. The Morgan fingerprint density at radius 3 is 2.25 bits per heavy atom. The molecule has 120 valence electrons. The van der Waals surface area contributed by atoms with E-state index in [-0.39, 0.29) is 18.6 Å². The molecule has 0 aromatic carbocycles. The van der Waals surface area contributed by atoms with Crippen LogP contribution < -0.4 is 0 Å². The molecule has 0 saturated carbocycles. The molecule has 0 aliphatic rings. The van der Waals surface area contributed by atoms with E-state index in [1.807, 2.05) is 27.7 Å². The maximum Gasteiger partial charge on any atom is 0.410 e. The maximum atomic E-state index is 11.7. The largest absolute Gasteiger partial charge is 0.444 e. The van der Waals surface area contributed by atoms with E-state index in [2.05, 4.69) is 4.18 Å². The van der Waals surface area contributed by atoms with Gasteiger partial charge in [0.05, 0.1) is 12.9 Å². The van der Waals surface area contributed by atoms with Crippen LogP contribution >= 0.6 is 0 Å². The zero-order chi connectivity index (χ0) is 16.0. The third-order valence-electron chi connectivity index (χ3n) is 2.57. The molecule has 0 aromatic rings. The second-order valence-corrected chi connectivity index (χ2v) is 7.75. The number of amides is 1. The first-order chi connectivity index (χ1) is 8.91. The van der Waals surface area contributed by atoms with Crippen LogP contribution in [0.4, 0.5) is 4.79 Å². The topological polar surface area (TPSA) is 72.9 Å². The molecule has 0 saturated heterocycles. The number of carbonyl (C=O) groups excluding carboxylic acids is 1. The summed E-state index contributed by atoms with van der Waals surface area (Å²) in [5, 5.41) is 0. The van der Waals surface area contributed by atoms with Gasteiger partial charge in [-0.2, -0.15) is 8.42 Å². The van der Waals surface area contributed by atoms with Crippen molar-refractivity contribution in [3.05, 3.63) is 0 Å². The first-order valence-electron chi connectivity index (χ1n) is 6.69. The summed E-state index contributed by atoms with van der Waals surface area (Å²) in [5.74, 6) is 0.265. The van der Waals surface area contributed by atoms with Gasteiger partial charge in [0.25, 0.3) is 10.1 Å². The van der Waals surface area contributed by atoms with E-state index in [1.54, 1.807) is 7.05 Å². The lowest BCUT2D eigenvalue weighted by Crippen LogP contribution is -2.35. The zero-order valence-electron chi connectivity index (χ0n) is 13.3. The highest BCUT2D eigenvalue weighted by Crippen LogP contribution is 2.12. The Bertz CT molecular complexity index is 399. The maximum absolute atomic E-state index is 11.7.